The minimum atomic E-state index is -0.105. The van der Waals surface area contributed by atoms with E-state index < -0.39 is 0 Å². The SMILES string of the molecule is Cc1nc(-c2cccs2)c(NC(=O)c2ccccc2)s1. The van der Waals surface area contributed by atoms with Crippen molar-refractivity contribution in [2.45, 2.75) is 6.92 Å². The van der Waals surface area contributed by atoms with Crippen LogP contribution in [0, 0.1) is 6.92 Å². The van der Waals surface area contributed by atoms with Crippen LogP contribution in [0.4, 0.5) is 5.00 Å². The third-order valence-corrected chi connectivity index (χ3v) is 4.51. The largest absolute Gasteiger partial charge is 0.312 e. The minimum Gasteiger partial charge on any atom is -0.312 e. The summed E-state index contributed by atoms with van der Waals surface area (Å²) in [4.78, 5) is 17.8. The predicted molar refractivity (Wildman–Crippen MR) is 84.6 cm³/mol. The Labute approximate surface area is 124 Å². The molecule has 20 heavy (non-hydrogen) atoms. The van der Waals surface area contributed by atoms with Gasteiger partial charge in [0, 0.05) is 5.56 Å². The van der Waals surface area contributed by atoms with Gasteiger partial charge in [0.1, 0.15) is 10.7 Å². The Morgan fingerprint density at radius 1 is 1.15 bits per heavy atom. The topological polar surface area (TPSA) is 42.0 Å². The highest BCUT2D eigenvalue weighted by Crippen LogP contribution is 2.35. The molecule has 0 saturated heterocycles. The molecule has 0 aliphatic rings. The molecule has 0 bridgehead atoms. The van der Waals surface area contributed by atoms with Crippen molar-refractivity contribution in [2.75, 3.05) is 5.32 Å². The number of aryl methyl sites for hydroxylation is 1. The zero-order valence-corrected chi connectivity index (χ0v) is 12.4. The van der Waals surface area contributed by atoms with Crippen LogP contribution in [0.1, 0.15) is 15.4 Å². The number of anilines is 1. The molecule has 2 heterocycles. The lowest BCUT2D eigenvalue weighted by atomic mass is 10.2. The van der Waals surface area contributed by atoms with Crippen LogP contribution >= 0.6 is 22.7 Å². The van der Waals surface area contributed by atoms with Crippen molar-refractivity contribution < 1.29 is 4.79 Å². The van der Waals surface area contributed by atoms with Crippen LogP contribution < -0.4 is 5.32 Å². The lowest BCUT2D eigenvalue weighted by Gasteiger charge is -2.04. The van der Waals surface area contributed by atoms with Crippen molar-refractivity contribution in [3.8, 4) is 10.6 Å². The van der Waals surface area contributed by atoms with Gasteiger partial charge < -0.3 is 5.32 Å². The fourth-order valence-corrected chi connectivity index (χ4v) is 3.47. The Kier molecular flexibility index (Phi) is 3.62. The standard InChI is InChI=1S/C15H12N2OS2/c1-10-16-13(12-8-5-9-19-12)15(20-10)17-14(18)11-6-3-2-4-7-11/h2-9H,1H3,(H,17,18). The van der Waals surface area contributed by atoms with E-state index in [4.69, 9.17) is 0 Å². The number of carbonyl (C=O) groups is 1. The summed E-state index contributed by atoms with van der Waals surface area (Å²) in [5, 5.41) is 6.71. The van der Waals surface area contributed by atoms with E-state index in [-0.39, 0.29) is 5.91 Å². The number of carbonyl (C=O) groups excluding carboxylic acids is 1. The number of benzene rings is 1. The normalized spacial score (nSPS) is 10.4. The monoisotopic (exact) mass is 300 g/mol. The van der Waals surface area contributed by atoms with Crippen LogP contribution in [0.15, 0.2) is 47.8 Å². The molecule has 1 amide bonds. The number of hydrogen-bond acceptors (Lipinski definition) is 4. The second kappa shape index (κ2) is 5.56. The molecule has 0 radical (unpaired) electrons. The summed E-state index contributed by atoms with van der Waals surface area (Å²) in [6, 6.07) is 13.2. The van der Waals surface area contributed by atoms with Crippen molar-refractivity contribution in [1.82, 2.24) is 4.98 Å². The van der Waals surface area contributed by atoms with Crippen LogP contribution in [-0.4, -0.2) is 10.9 Å². The molecular formula is C15H12N2OS2. The quantitative estimate of drug-likeness (QED) is 0.777. The van der Waals surface area contributed by atoms with E-state index in [9.17, 15) is 4.79 Å². The molecule has 0 fully saturated rings. The summed E-state index contributed by atoms with van der Waals surface area (Å²) in [6.07, 6.45) is 0. The highest BCUT2D eigenvalue weighted by atomic mass is 32.1. The zero-order chi connectivity index (χ0) is 13.9. The fraction of sp³-hybridized carbons (Fsp3) is 0.0667. The van der Waals surface area contributed by atoms with Gasteiger partial charge >= 0.3 is 0 Å². The summed E-state index contributed by atoms with van der Waals surface area (Å²) in [6.45, 7) is 1.94. The average Bonchev–Trinajstić information content (AvgIpc) is 3.09. The summed E-state index contributed by atoms with van der Waals surface area (Å²) in [7, 11) is 0. The van der Waals surface area contributed by atoms with Crippen LogP contribution in [-0.2, 0) is 0 Å². The van der Waals surface area contributed by atoms with Crippen LogP contribution in [0.5, 0.6) is 0 Å². The average molecular weight is 300 g/mol. The molecule has 1 N–H and O–H groups in total. The summed E-state index contributed by atoms with van der Waals surface area (Å²) in [5.41, 5.74) is 1.50. The molecular weight excluding hydrogens is 288 g/mol. The van der Waals surface area contributed by atoms with Gasteiger partial charge in [0.25, 0.3) is 5.91 Å². The highest BCUT2D eigenvalue weighted by molar-refractivity contribution is 7.18. The molecule has 0 aliphatic carbocycles. The summed E-state index contributed by atoms with van der Waals surface area (Å²) >= 11 is 3.12. The van der Waals surface area contributed by atoms with Gasteiger partial charge in [-0.15, -0.1) is 22.7 Å². The van der Waals surface area contributed by atoms with Crippen molar-refractivity contribution in [1.29, 1.82) is 0 Å². The molecule has 0 spiro atoms. The van der Waals surface area contributed by atoms with Crippen LogP contribution in [0.25, 0.3) is 10.6 Å². The van der Waals surface area contributed by atoms with Gasteiger partial charge in [-0.3, -0.25) is 4.79 Å². The molecule has 0 aliphatic heterocycles. The second-order valence-corrected chi connectivity index (χ2v) is 6.36. The molecule has 3 aromatic rings. The molecule has 0 unspecified atom stereocenters. The first-order valence-corrected chi connectivity index (χ1v) is 7.81. The van der Waals surface area contributed by atoms with Crippen LogP contribution in [0.3, 0.4) is 0 Å². The molecule has 100 valence electrons. The molecule has 0 atom stereocenters. The maximum atomic E-state index is 12.2. The second-order valence-electron chi connectivity index (χ2n) is 4.21. The van der Waals surface area contributed by atoms with Gasteiger partial charge in [-0.2, -0.15) is 0 Å². The van der Waals surface area contributed by atoms with Crippen molar-refractivity contribution >= 4 is 33.6 Å². The van der Waals surface area contributed by atoms with Crippen LogP contribution in [0.2, 0.25) is 0 Å². The van der Waals surface area contributed by atoms with E-state index in [0.717, 1.165) is 20.6 Å². The van der Waals surface area contributed by atoms with E-state index >= 15 is 0 Å². The number of thiophene rings is 1. The number of nitrogens with one attached hydrogen (secondary N) is 1. The van der Waals surface area contributed by atoms with Gasteiger partial charge in [0.05, 0.1) is 9.88 Å². The highest BCUT2D eigenvalue weighted by Gasteiger charge is 2.15. The molecule has 5 heteroatoms. The lowest BCUT2D eigenvalue weighted by molar-refractivity contribution is 0.102. The van der Waals surface area contributed by atoms with Crippen molar-refractivity contribution in [3.05, 3.63) is 58.4 Å². The van der Waals surface area contributed by atoms with Crippen molar-refractivity contribution in [3.63, 3.8) is 0 Å². The van der Waals surface area contributed by atoms with E-state index in [1.54, 1.807) is 23.5 Å². The van der Waals surface area contributed by atoms with Crippen molar-refractivity contribution in [2.24, 2.45) is 0 Å². The number of aromatic nitrogens is 1. The van der Waals surface area contributed by atoms with E-state index in [2.05, 4.69) is 10.3 Å². The van der Waals surface area contributed by atoms with Gasteiger partial charge in [0.15, 0.2) is 0 Å². The molecule has 3 nitrogen and oxygen atoms in total. The van der Waals surface area contributed by atoms with E-state index in [1.807, 2.05) is 42.6 Å². The number of rotatable bonds is 3. The Bertz CT molecular complexity index is 718. The van der Waals surface area contributed by atoms with E-state index in [0.29, 0.717) is 5.56 Å². The number of hydrogen-bond donors (Lipinski definition) is 1. The summed E-state index contributed by atoms with van der Waals surface area (Å²) in [5.74, 6) is -0.105. The molecule has 2 aromatic heterocycles. The first-order valence-electron chi connectivity index (χ1n) is 6.12. The van der Waals surface area contributed by atoms with Gasteiger partial charge in [-0.05, 0) is 30.5 Å². The Morgan fingerprint density at radius 3 is 2.65 bits per heavy atom. The van der Waals surface area contributed by atoms with E-state index in [1.165, 1.54) is 11.3 Å². The summed E-state index contributed by atoms with van der Waals surface area (Å²) < 4.78 is 0. The maximum Gasteiger partial charge on any atom is 0.256 e. The van der Waals surface area contributed by atoms with Gasteiger partial charge in [0.2, 0.25) is 0 Å². The zero-order valence-electron chi connectivity index (χ0n) is 10.8. The first kappa shape index (κ1) is 13.0. The Balaban J connectivity index is 1.90. The minimum absolute atomic E-state index is 0.105. The molecule has 0 saturated carbocycles. The fourth-order valence-electron chi connectivity index (χ4n) is 1.86. The first-order chi connectivity index (χ1) is 9.74. The number of amides is 1. The smallest absolute Gasteiger partial charge is 0.256 e. The predicted octanol–water partition coefficient (Wildman–Crippen LogP) is 4.43. The molecule has 3 rings (SSSR count). The maximum absolute atomic E-state index is 12.2. The van der Waals surface area contributed by atoms with Gasteiger partial charge in [-0.25, -0.2) is 4.98 Å². The lowest BCUT2D eigenvalue weighted by Crippen LogP contribution is -2.11. The third-order valence-electron chi connectivity index (χ3n) is 2.75. The number of nitrogens with zero attached hydrogens (tertiary/aromatic N) is 1. The van der Waals surface area contributed by atoms with Gasteiger partial charge in [-0.1, -0.05) is 24.3 Å². The Morgan fingerprint density at radius 2 is 1.95 bits per heavy atom. The third kappa shape index (κ3) is 2.64. The Hall–Kier alpha value is -1.98. The molecule has 1 aromatic carbocycles. The number of thiazole rings is 1.